The van der Waals surface area contributed by atoms with E-state index in [9.17, 15) is 0 Å². The first-order valence-corrected chi connectivity index (χ1v) is 6.33. The molecule has 0 aliphatic carbocycles. The molecule has 2 rings (SSSR count). The van der Waals surface area contributed by atoms with Crippen LogP contribution in [0.1, 0.15) is 31.9 Å². The molecule has 1 fully saturated rings. The van der Waals surface area contributed by atoms with Crippen LogP contribution in [0.15, 0.2) is 30.3 Å². The molecule has 0 aromatic heterocycles. The van der Waals surface area contributed by atoms with Crippen LogP contribution in [0.5, 0.6) is 0 Å². The van der Waals surface area contributed by atoms with Gasteiger partial charge in [-0.1, -0.05) is 37.3 Å². The van der Waals surface area contributed by atoms with E-state index in [4.69, 9.17) is 0 Å². The summed E-state index contributed by atoms with van der Waals surface area (Å²) in [6, 6.07) is 12.0. The van der Waals surface area contributed by atoms with Crippen LogP contribution in [-0.4, -0.2) is 30.6 Å². The maximum Gasteiger partial charge on any atom is 0.0473 e. The van der Waals surface area contributed by atoms with Crippen molar-refractivity contribution in [3.8, 4) is 0 Å². The largest absolute Gasteiger partial charge is 0.311 e. The fourth-order valence-corrected chi connectivity index (χ4v) is 2.52. The van der Waals surface area contributed by atoms with Crippen molar-refractivity contribution in [2.45, 2.75) is 32.4 Å². The third-order valence-electron chi connectivity index (χ3n) is 3.30. The Morgan fingerprint density at radius 2 is 2.06 bits per heavy atom. The van der Waals surface area contributed by atoms with E-state index >= 15 is 0 Å². The molecule has 1 aliphatic rings. The molecular formula is C14H22N2. The lowest BCUT2D eigenvalue weighted by Crippen LogP contribution is -2.51. The maximum atomic E-state index is 3.58. The smallest absolute Gasteiger partial charge is 0.0473 e. The highest BCUT2D eigenvalue weighted by atomic mass is 15.2. The number of hydrogen-bond donors (Lipinski definition) is 1. The van der Waals surface area contributed by atoms with Gasteiger partial charge in [0.25, 0.3) is 0 Å². The number of nitrogens with zero attached hydrogens (tertiary/aromatic N) is 1. The van der Waals surface area contributed by atoms with Crippen molar-refractivity contribution in [1.82, 2.24) is 10.2 Å². The first-order chi connectivity index (χ1) is 7.81. The van der Waals surface area contributed by atoms with E-state index in [1.54, 1.807) is 0 Å². The molecule has 16 heavy (non-hydrogen) atoms. The maximum absolute atomic E-state index is 3.58. The second-order valence-electron chi connectivity index (χ2n) is 4.73. The number of piperazine rings is 1. The van der Waals surface area contributed by atoms with E-state index in [-0.39, 0.29) is 0 Å². The predicted octanol–water partition coefficient (Wildman–Crippen LogP) is 2.43. The van der Waals surface area contributed by atoms with Gasteiger partial charge in [0.2, 0.25) is 0 Å². The Morgan fingerprint density at radius 1 is 1.31 bits per heavy atom. The highest BCUT2D eigenvalue weighted by Crippen LogP contribution is 2.23. The summed E-state index contributed by atoms with van der Waals surface area (Å²) < 4.78 is 0. The number of benzene rings is 1. The van der Waals surface area contributed by atoms with Gasteiger partial charge >= 0.3 is 0 Å². The molecule has 0 bridgehead atoms. The highest BCUT2D eigenvalue weighted by Gasteiger charge is 2.25. The van der Waals surface area contributed by atoms with E-state index < -0.39 is 0 Å². The Hall–Kier alpha value is -0.860. The van der Waals surface area contributed by atoms with E-state index in [2.05, 4.69) is 54.4 Å². The third kappa shape index (κ3) is 2.63. The zero-order chi connectivity index (χ0) is 11.4. The van der Waals surface area contributed by atoms with E-state index in [1.165, 1.54) is 18.5 Å². The zero-order valence-corrected chi connectivity index (χ0v) is 10.3. The quantitative estimate of drug-likeness (QED) is 0.838. The molecule has 1 aromatic rings. The standard InChI is InChI=1S/C14H22N2/c1-3-9-16-11-12(2)15-10-14(16)13-7-5-4-6-8-13/h4-8,12,14-15H,3,9-11H2,1-2H3. The molecule has 1 saturated heterocycles. The van der Waals surface area contributed by atoms with Gasteiger partial charge in [-0.15, -0.1) is 0 Å². The molecule has 2 unspecified atom stereocenters. The van der Waals surface area contributed by atoms with Gasteiger partial charge in [0, 0.05) is 25.2 Å². The Kier molecular flexibility index (Phi) is 3.97. The molecule has 2 nitrogen and oxygen atoms in total. The summed E-state index contributed by atoms with van der Waals surface area (Å²) in [5, 5.41) is 3.58. The van der Waals surface area contributed by atoms with Crippen LogP contribution in [0.3, 0.4) is 0 Å². The van der Waals surface area contributed by atoms with Gasteiger partial charge in [0.05, 0.1) is 0 Å². The van der Waals surface area contributed by atoms with E-state index in [1.807, 2.05) is 0 Å². The molecule has 1 aliphatic heterocycles. The van der Waals surface area contributed by atoms with Crippen molar-refractivity contribution >= 4 is 0 Å². The molecule has 1 N–H and O–H groups in total. The lowest BCUT2D eigenvalue weighted by molar-refractivity contribution is 0.136. The van der Waals surface area contributed by atoms with Crippen molar-refractivity contribution in [3.63, 3.8) is 0 Å². The summed E-state index contributed by atoms with van der Waals surface area (Å²) in [4.78, 5) is 2.61. The normalized spacial score (nSPS) is 26.9. The minimum atomic E-state index is 0.553. The molecule has 2 heteroatoms. The predicted molar refractivity (Wildman–Crippen MR) is 68.5 cm³/mol. The minimum absolute atomic E-state index is 0.553. The summed E-state index contributed by atoms with van der Waals surface area (Å²) in [7, 11) is 0. The van der Waals surface area contributed by atoms with Gasteiger partial charge in [-0.3, -0.25) is 4.90 Å². The first kappa shape index (κ1) is 11.6. The third-order valence-corrected chi connectivity index (χ3v) is 3.30. The number of nitrogens with one attached hydrogen (secondary N) is 1. The second kappa shape index (κ2) is 5.46. The molecule has 0 saturated carbocycles. The minimum Gasteiger partial charge on any atom is -0.311 e. The summed E-state index contributed by atoms with van der Waals surface area (Å²) in [6.45, 7) is 7.96. The fraction of sp³-hybridized carbons (Fsp3) is 0.571. The molecule has 1 heterocycles. The van der Waals surface area contributed by atoms with E-state index in [0.717, 1.165) is 13.1 Å². The molecule has 0 radical (unpaired) electrons. The Balaban J connectivity index is 2.12. The van der Waals surface area contributed by atoms with Gasteiger partial charge in [0.15, 0.2) is 0 Å². The van der Waals surface area contributed by atoms with Gasteiger partial charge in [-0.05, 0) is 25.5 Å². The van der Waals surface area contributed by atoms with Crippen molar-refractivity contribution in [2.75, 3.05) is 19.6 Å². The van der Waals surface area contributed by atoms with Crippen molar-refractivity contribution in [3.05, 3.63) is 35.9 Å². The van der Waals surface area contributed by atoms with Crippen LogP contribution >= 0.6 is 0 Å². The van der Waals surface area contributed by atoms with Crippen molar-refractivity contribution in [1.29, 1.82) is 0 Å². The Morgan fingerprint density at radius 3 is 2.75 bits per heavy atom. The average molecular weight is 218 g/mol. The van der Waals surface area contributed by atoms with Crippen LogP contribution in [0.25, 0.3) is 0 Å². The highest BCUT2D eigenvalue weighted by molar-refractivity contribution is 5.20. The average Bonchev–Trinajstić information content (AvgIpc) is 2.31. The molecule has 0 spiro atoms. The van der Waals surface area contributed by atoms with Gasteiger partial charge in [0.1, 0.15) is 0 Å². The summed E-state index contributed by atoms with van der Waals surface area (Å²) >= 11 is 0. The summed E-state index contributed by atoms with van der Waals surface area (Å²) in [6.07, 6.45) is 1.23. The van der Waals surface area contributed by atoms with Crippen LogP contribution in [-0.2, 0) is 0 Å². The van der Waals surface area contributed by atoms with Crippen LogP contribution in [0.2, 0.25) is 0 Å². The fourth-order valence-electron chi connectivity index (χ4n) is 2.52. The van der Waals surface area contributed by atoms with Gasteiger partial charge in [-0.2, -0.15) is 0 Å². The molecule has 2 atom stereocenters. The monoisotopic (exact) mass is 218 g/mol. The van der Waals surface area contributed by atoms with Crippen LogP contribution < -0.4 is 5.32 Å². The van der Waals surface area contributed by atoms with E-state index in [0.29, 0.717) is 12.1 Å². The summed E-state index contributed by atoms with van der Waals surface area (Å²) in [5.74, 6) is 0. The molecule has 88 valence electrons. The summed E-state index contributed by atoms with van der Waals surface area (Å²) in [5.41, 5.74) is 1.44. The van der Waals surface area contributed by atoms with Gasteiger partial charge in [-0.25, -0.2) is 0 Å². The molecule has 0 amide bonds. The van der Waals surface area contributed by atoms with Crippen molar-refractivity contribution in [2.24, 2.45) is 0 Å². The lowest BCUT2D eigenvalue weighted by atomic mass is 10.0. The SMILES string of the molecule is CCCN1CC(C)NCC1c1ccccc1. The van der Waals surface area contributed by atoms with Crippen LogP contribution in [0, 0.1) is 0 Å². The number of rotatable bonds is 3. The topological polar surface area (TPSA) is 15.3 Å². The molecular weight excluding hydrogens is 196 g/mol. The van der Waals surface area contributed by atoms with Crippen LogP contribution in [0.4, 0.5) is 0 Å². The zero-order valence-electron chi connectivity index (χ0n) is 10.3. The lowest BCUT2D eigenvalue weighted by Gasteiger charge is -2.39. The molecule has 1 aromatic carbocycles. The number of hydrogen-bond acceptors (Lipinski definition) is 2. The first-order valence-electron chi connectivity index (χ1n) is 6.33. The van der Waals surface area contributed by atoms with Crippen molar-refractivity contribution < 1.29 is 0 Å². The Labute approximate surface area is 98.7 Å². The Bertz CT molecular complexity index is 310. The second-order valence-corrected chi connectivity index (χ2v) is 4.73. The van der Waals surface area contributed by atoms with Gasteiger partial charge < -0.3 is 5.32 Å².